The smallest absolute Gasteiger partial charge is 0.264 e. The summed E-state index contributed by atoms with van der Waals surface area (Å²) in [6.07, 6.45) is 0. The highest BCUT2D eigenvalue weighted by atomic mass is 79.9. The first-order chi connectivity index (χ1) is 18.3. The maximum absolute atomic E-state index is 13.9. The van der Waals surface area contributed by atoms with Crippen LogP contribution in [-0.2, 0) is 26.2 Å². The molecule has 0 radical (unpaired) electrons. The Bertz CT molecular complexity index is 1370. The number of carbonyl (C=O) groups excluding carboxylic acids is 2. The van der Waals surface area contributed by atoms with Gasteiger partial charge in [-0.2, -0.15) is 0 Å². The van der Waals surface area contributed by atoms with Gasteiger partial charge in [-0.15, -0.1) is 0 Å². The van der Waals surface area contributed by atoms with Crippen LogP contribution in [0.25, 0.3) is 0 Å². The summed E-state index contributed by atoms with van der Waals surface area (Å²) in [7, 11) is -2.60. The van der Waals surface area contributed by atoms with Crippen molar-refractivity contribution in [2.24, 2.45) is 0 Å². The monoisotopic (exact) mass is 615 g/mol. The zero-order valence-corrected chi connectivity index (χ0v) is 25.1. The molecule has 0 aromatic heterocycles. The fourth-order valence-electron chi connectivity index (χ4n) is 3.84. The molecule has 0 aliphatic rings. The highest BCUT2D eigenvalue weighted by molar-refractivity contribution is 9.10. The summed E-state index contributed by atoms with van der Waals surface area (Å²) < 4.78 is 34.7. The normalized spacial score (nSPS) is 12.4. The maximum Gasteiger partial charge on any atom is 0.264 e. The highest BCUT2D eigenvalue weighted by Gasteiger charge is 2.33. The number of amides is 2. The number of benzene rings is 3. The molecule has 0 bridgehead atoms. The summed E-state index contributed by atoms with van der Waals surface area (Å²) in [6, 6.07) is 20.9. The molecule has 3 rings (SSSR count). The number of methoxy groups -OCH3 is 1. The van der Waals surface area contributed by atoms with Gasteiger partial charge in [0.25, 0.3) is 10.0 Å². The van der Waals surface area contributed by atoms with Crippen molar-refractivity contribution in [1.29, 1.82) is 0 Å². The van der Waals surface area contributed by atoms with E-state index in [1.54, 1.807) is 49.4 Å². The second kappa shape index (κ2) is 12.7. The number of nitrogens with one attached hydrogen (secondary N) is 1. The largest absolute Gasteiger partial charge is 0.497 e. The Balaban J connectivity index is 2.02. The number of carbonyl (C=O) groups is 2. The number of nitrogens with zero attached hydrogens (tertiary/aromatic N) is 2. The van der Waals surface area contributed by atoms with Crippen molar-refractivity contribution >= 4 is 43.5 Å². The molecule has 10 heteroatoms. The maximum atomic E-state index is 13.9. The van der Waals surface area contributed by atoms with E-state index in [4.69, 9.17) is 4.74 Å². The molecule has 0 spiro atoms. The number of rotatable bonds is 10. The lowest BCUT2D eigenvalue weighted by atomic mass is 10.1. The first-order valence-corrected chi connectivity index (χ1v) is 14.6. The molecule has 8 nitrogen and oxygen atoms in total. The standard InChI is InChI=1S/C29H34BrN3O5S/c1-21(28(35)31-29(2,3)4)32(19-22-11-13-23(30)14-12-22)27(34)20-33(24-15-17-25(38-5)18-16-24)39(36,37)26-9-7-6-8-10-26/h6-18,21H,19-20H2,1-5H3,(H,31,35)/t21-/m1/s1. The van der Waals surface area contributed by atoms with Gasteiger partial charge in [0, 0.05) is 16.6 Å². The van der Waals surface area contributed by atoms with E-state index >= 15 is 0 Å². The summed E-state index contributed by atoms with van der Waals surface area (Å²) in [5, 5.41) is 2.92. The molecule has 3 aromatic rings. The van der Waals surface area contributed by atoms with Gasteiger partial charge < -0.3 is 15.0 Å². The predicted octanol–water partition coefficient (Wildman–Crippen LogP) is 4.99. The fraction of sp³-hybridized carbons (Fsp3) is 0.310. The van der Waals surface area contributed by atoms with Crippen LogP contribution in [0, 0.1) is 0 Å². The van der Waals surface area contributed by atoms with Gasteiger partial charge >= 0.3 is 0 Å². The van der Waals surface area contributed by atoms with Crippen molar-refractivity contribution in [1.82, 2.24) is 10.2 Å². The summed E-state index contributed by atoms with van der Waals surface area (Å²) >= 11 is 3.41. The van der Waals surface area contributed by atoms with Crippen LogP contribution in [0.5, 0.6) is 5.75 Å². The van der Waals surface area contributed by atoms with Gasteiger partial charge in [0.15, 0.2) is 0 Å². The minimum Gasteiger partial charge on any atom is -0.497 e. The minimum absolute atomic E-state index is 0.0478. The third-order valence-electron chi connectivity index (χ3n) is 5.90. The first kappa shape index (κ1) is 30.2. The fourth-order valence-corrected chi connectivity index (χ4v) is 5.54. The number of hydrogen-bond acceptors (Lipinski definition) is 5. The molecular weight excluding hydrogens is 582 g/mol. The number of ether oxygens (including phenoxy) is 1. The Morgan fingerprint density at radius 2 is 1.54 bits per heavy atom. The number of hydrogen-bond donors (Lipinski definition) is 1. The van der Waals surface area contributed by atoms with E-state index in [2.05, 4.69) is 21.2 Å². The second-order valence-electron chi connectivity index (χ2n) is 10.1. The van der Waals surface area contributed by atoms with Gasteiger partial charge in [0.2, 0.25) is 11.8 Å². The number of anilines is 1. The molecule has 3 aromatic carbocycles. The summed E-state index contributed by atoms with van der Waals surface area (Å²) in [5.74, 6) is -0.314. The van der Waals surface area contributed by atoms with Crippen molar-refractivity contribution < 1.29 is 22.7 Å². The Morgan fingerprint density at radius 3 is 2.08 bits per heavy atom. The van der Waals surface area contributed by atoms with Crippen LogP contribution in [0.3, 0.4) is 0 Å². The Kier molecular flexibility index (Phi) is 9.79. The van der Waals surface area contributed by atoms with E-state index in [0.717, 1.165) is 14.3 Å². The van der Waals surface area contributed by atoms with Crippen LogP contribution in [0.2, 0.25) is 0 Å². The molecule has 1 N–H and O–H groups in total. The SMILES string of the molecule is COc1ccc(N(CC(=O)N(Cc2ccc(Br)cc2)[C@H](C)C(=O)NC(C)(C)C)S(=O)(=O)c2ccccc2)cc1. The quantitative estimate of drug-likeness (QED) is 0.347. The van der Waals surface area contributed by atoms with E-state index < -0.39 is 34.1 Å². The molecule has 0 unspecified atom stereocenters. The zero-order valence-electron chi connectivity index (χ0n) is 22.7. The number of halogens is 1. The molecule has 0 aliphatic heterocycles. The van der Waals surface area contributed by atoms with Gasteiger partial charge in [-0.3, -0.25) is 13.9 Å². The minimum atomic E-state index is -4.12. The Hall–Kier alpha value is -3.37. The van der Waals surface area contributed by atoms with Gasteiger partial charge in [-0.1, -0.05) is 46.3 Å². The Morgan fingerprint density at radius 1 is 0.949 bits per heavy atom. The Labute approximate surface area is 239 Å². The molecule has 1 atom stereocenters. The lowest BCUT2D eigenvalue weighted by molar-refractivity contribution is -0.140. The van der Waals surface area contributed by atoms with Crippen LogP contribution in [-0.4, -0.2) is 50.4 Å². The van der Waals surface area contributed by atoms with Crippen LogP contribution in [0.15, 0.2) is 88.2 Å². The van der Waals surface area contributed by atoms with E-state index in [0.29, 0.717) is 11.4 Å². The van der Waals surface area contributed by atoms with Crippen molar-refractivity contribution in [3.05, 3.63) is 88.9 Å². The molecule has 0 fully saturated rings. The van der Waals surface area contributed by atoms with Crippen LogP contribution >= 0.6 is 15.9 Å². The second-order valence-corrected chi connectivity index (χ2v) is 12.9. The molecule has 0 aliphatic carbocycles. The molecule has 0 heterocycles. The van der Waals surface area contributed by atoms with Crippen LogP contribution in [0.4, 0.5) is 5.69 Å². The summed E-state index contributed by atoms with van der Waals surface area (Å²) in [6.45, 7) is 6.82. The highest BCUT2D eigenvalue weighted by Crippen LogP contribution is 2.26. The molecule has 0 saturated carbocycles. The van der Waals surface area contributed by atoms with E-state index in [-0.39, 0.29) is 17.3 Å². The van der Waals surface area contributed by atoms with E-state index in [9.17, 15) is 18.0 Å². The van der Waals surface area contributed by atoms with Gasteiger partial charge in [0.05, 0.1) is 17.7 Å². The predicted molar refractivity (Wildman–Crippen MR) is 156 cm³/mol. The zero-order chi connectivity index (χ0) is 28.8. The third kappa shape index (κ3) is 8.06. The lowest BCUT2D eigenvalue weighted by Gasteiger charge is -2.33. The molecule has 39 heavy (non-hydrogen) atoms. The molecule has 208 valence electrons. The number of sulfonamides is 1. The van der Waals surface area contributed by atoms with Crippen molar-refractivity contribution in [2.75, 3.05) is 18.0 Å². The van der Waals surface area contributed by atoms with Crippen molar-refractivity contribution in [3.63, 3.8) is 0 Å². The van der Waals surface area contributed by atoms with Gasteiger partial charge in [-0.05, 0) is 81.8 Å². The summed E-state index contributed by atoms with van der Waals surface area (Å²) in [4.78, 5) is 28.5. The van der Waals surface area contributed by atoms with Crippen LogP contribution in [0.1, 0.15) is 33.3 Å². The van der Waals surface area contributed by atoms with E-state index in [1.165, 1.54) is 24.1 Å². The first-order valence-electron chi connectivity index (χ1n) is 12.4. The van der Waals surface area contributed by atoms with Crippen molar-refractivity contribution in [3.8, 4) is 5.75 Å². The van der Waals surface area contributed by atoms with Gasteiger partial charge in [0.1, 0.15) is 18.3 Å². The molecular formula is C29H34BrN3O5S. The third-order valence-corrected chi connectivity index (χ3v) is 8.22. The molecule has 2 amide bonds. The van der Waals surface area contributed by atoms with E-state index in [1.807, 2.05) is 45.0 Å². The van der Waals surface area contributed by atoms with Gasteiger partial charge in [-0.25, -0.2) is 8.42 Å². The van der Waals surface area contributed by atoms with Crippen LogP contribution < -0.4 is 14.4 Å². The average Bonchev–Trinajstić information content (AvgIpc) is 2.90. The molecule has 0 saturated heterocycles. The summed E-state index contributed by atoms with van der Waals surface area (Å²) in [5.41, 5.74) is 0.580. The topological polar surface area (TPSA) is 96.0 Å². The lowest BCUT2D eigenvalue weighted by Crippen LogP contribution is -2.54. The average molecular weight is 617 g/mol. The van der Waals surface area contributed by atoms with Crippen molar-refractivity contribution in [2.45, 2.75) is 50.7 Å².